The van der Waals surface area contributed by atoms with Crippen LogP contribution in [0.5, 0.6) is 0 Å². The van der Waals surface area contributed by atoms with Crippen LogP contribution in [0.4, 0.5) is 16.2 Å². The average Bonchev–Trinajstić information content (AvgIpc) is 2.89. The summed E-state index contributed by atoms with van der Waals surface area (Å²) >= 11 is 0. The van der Waals surface area contributed by atoms with E-state index in [9.17, 15) is 9.59 Å². The Morgan fingerprint density at radius 1 is 1.14 bits per heavy atom. The monoisotopic (exact) mass is 327 g/mol. The summed E-state index contributed by atoms with van der Waals surface area (Å²) in [4.78, 5) is 26.7. The number of carbonyl (C=O) groups is 2. The highest BCUT2D eigenvalue weighted by molar-refractivity contribution is 5.95. The fraction of sp³-hybridized carbons (Fsp3) is 0.429. The second-order valence-electron chi connectivity index (χ2n) is 4.97. The fourth-order valence-electron chi connectivity index (χ4n) is 2.46. The first-order valence-corrected chi connectivity index (χ1v) is 6.85. The van der Waals surface area contributed by atoms with E-state index in [1.165, 1.54) is 0 Å². The minimum absolute atomic E-state index is 0. The van der Waals surface area contributed by atoms with Crippen LogP contribution < -0.4 is 15.5 Å². The first-order chi connectivity index (χ1) is 10.2. The van der Waals surface area contributed by atoms with Crippen molar-refractivity contribution in [2.24, 2.45) is 5.73 Å². The number of carbonyl (C=O) groups excluding carboxylic acids is 2. The number of ether oxygens (including phenoxy) is 2. The van der Waals surface area contributed by atoms with E-state index in [1.807, 2.05) is 12.1 Å². The summed E-state index contributed by atoms with van der Waals surface area (Å²) in [6, 6.07) is 7.25. The summed E-state index contributed by atoms with van der Waals surface area (Å²) in [6.45, 7) is 1.94. The summed E-state index contributed by atoms with van der Waals surface area (Å²) in [6.07, 6.45) is -0.654. The number of nitrogens with two attached hydrogens (primary N) is 1. The van der Waals surface area contributed by atoms with Crippen molar-refractivity contribution in [1.29, 1.82) is 0 Å². The molecule has 2 saturated heterocycles. The predicted octanol–water partition coefficient (Wildman–Crippen LogP) is 0.755. The van der Waals surface area contributed by atoms with Crippen LogP contribution in [0.25, 0.3) is 0 Å². The molecule has 1 atom stereocenters. The van der Waals surface area contributed by atoms with Gasteiger partial charge in [0.2, 0.25) is 0 Å². The summed E-state index contributed by atoms with van der Waals surface area (Å²) in [7, 11) is 0. The van der Waals surface area contributed by atoms with Gasteiger partial charge < -0.3 is 20.1 Å². The molecule has 0 saturated carbocycles. The van der Waals surface area contributed by atoms with Crippen LogP contribution >= 0.6 is 12.4 Å². The Hall–Kier alpha value is -1.83. The molecule has 1 aromatic rings. The molecule has 2 N–H and O–H groups in total. The molecular weight excluding hydrogens is 310 g/mol. The SMILES string of the molecule is Cl.NCC1CN(c2ccc(N3CCOCC3=O)cc2)C(=O)O1. The van der Waals surface area contributed by atoms with E-state index in [1.54, 1.807) is 21.9 Å². The predicted molar refractivity (Wildman–Crippen MR) is 83.5 cm³/mol. The highest BCUT2D eigenvalue weighted by atomic mass is 35.5. The topological polar surface area (TPSA) is 85.1 Å². The van der Waals surface area contributed by atoms with Gasteiger partial charge in [0.05, 0.1) is 13.2 Å². The molecule has 0 aromatic heterocycles. The van der Waals surface area contributed by atoms with E-state index >= 15 is 0 Å². The van der Waals surface area contributed by atoms with Crippen molar-refractivity contribution in [2.75, 3.05) is 42.6 Å². The summed E-state index contributed by atoms with van der Waals surface area (Å²) in [5.74, 6) is -0.0576. The second kappa shape index (κ2) is 6.95. The van der Waals surface area contributed by atoms with Crippen LogP contribution in [0.2, 0.25) is 0 Å². The Morgan fingerprint density at radius 3 is 2.32 bits per heavy atom. The first kappa shape index (κ1) is 16.5. The van der Waals surface area contributed by atoms with Crippen molar-refractivity contribution in [3.05, 3.63) is 24.3 Å². The molecule has 8 heteroatoms. The lowest BCUT2D eigenvalue weighted by Crippen LogP contribution is -2.41. The number of rotatable bonds is 3. The smallest absolute Gasteiger partial charge is 0.414 e. The zero-order chi connectivity index (χ0) is 14.8. The van der Waals surface area contributed by atoms with E-state index in [0.29, 0.717) is 26.2 Å². The van der Waals surface area contributed by atoms with Crippen LogP contribution in [0, 0.1) is 0 Å². The minimum Gasteiger partial charge on any atom is -0.443 e. The van der Waals surface area contributed by atoms with Gasteiger partial charge in [-0.2, -0.15) is 0 Å². The Kier molecular flexibility index (Phi) is 5.23. The standard InChI is InChI=1S/C14H17N3O4.ClH/c15-7-12-8-17(14(19)21-12)11-3-1-10(2-4-11)16-5-6-20-9-13(16)18;/h1-4,12H,5-9,15H2;1H. The largest absolute Gasteiger partial charge is 0.443 e. The average molecular weight is 328 g/mol. The number of hydrogen-bond acceptors (Lipinski definition) is 5. The maximum absolute atomic E-state index is 11.8. The van der Waals surface area contributed by atoms with Gasteiger partial charge in [-0.1, -0.05) is 0 Å². The van der Waals surface area contributed by atoms with Crippen molar-refractivity contribution >= 4 is 35.8 Å². The number of hydrogen-bond donors (Lipinski definition) is 1. The molecule has 7 nitrogen and oxygen atoms in total. The number of cyclic esters (lactones) is 1. The molecule has 2 heterocycles. The lowest BCUT2D eigenvalue weighted by molar-refractivity contribution is -0.125. The van der Waals surface area contributed by atoms with E-state index in [0.717, 1.165) is 11.4 Å². The maximum Gasteiger partial charge on any atom is 0.414 e. The van der Waals surface area contributed by atoms with Crippen LogP contribution in [0.15, 0.2) is 24.3 Å². The van der Waals surface area contributed by atoms with Gasteiger partial charge in [-0.3, -0.25) is 9.69 Å². The van der Waals surface area contributed by atoms with Crippen LogP contribution in [0.3, 0.4) is 0 Å². The van der Waals surface area contributed by atoms with Gasteiger partial charge in [0.15, 0.2) is 0 Å². The highest BCUT2D eigenvalue weighted by Crippen LogP contribution is 2.25. The van der Waals surface area contributed by atoms with Crippen molar-refractivity contribution in [3.8, 4) is 0 Å². The zero-order valence-corrected chi connectivity index (χ0v) is 12.8. The molecule has 2 aliphatic rings. The molecule has 0 bridgehead atoms. The Morgan fingerprint density at radius 2 is 1.77 bits per heavy atom. The molecule has 3 rings (SSSR count). The fourth-order valence-corrected chi connectivity index (χ4v) is 2.46. The number of nitrogens with zero attached hydrogens (tertiary/aromatic N) is 2. The van der Waals surface area contributed by atoms with E-state index in [4.69, 9.17) is 15.2 Å². The van der Waals surface area contributed by atoms with Gasteiger partial charge in [0.25, 0.3) is 5.91 Å². The zero-order valence-electron chi connectivity index (χ0n) is 11.9. The normalized spacial score (nSPS) is 21.6. The highest BCUT2D eigenvalue weighted by Gasteiger charge is 2.31. The molecule has 2 fully saturated rings. The molecule has 2 aliphatic heterocycles. The van der Waals surface area contributed by atoms with Gasteiger partial charge in [-0.05, 0) is 24.3 Å². The van der Waals surface area contributed by atoms with Gasteiger partial charge in [-0.25, -0.2) is 4.79 Å². The van der Waals surface area contributed by atoms with E-state index < -0.39 is 0 Å². The van der Waals surface area contributed by atoms with Gasteiger partial charge in [-0.15, -0.1) is 12.4 Å². The summed E-state index contributed by atoms with van der Waals surface area (Å²) < 4.78 is 10.2. The number of halogens is 1. The van der Waals surface area contributed by atoms with Crippen molar-refractivity contribution < 1.29 is 19.1 Å². The van der Waals surface area contributed by atoms with Crippen LogP contribution in [-0.4, -0.2) is 51.0 Å². The van der Waals surface area contributed by atoms with Gasteiger partial charge in [0, 0.05) is 24.5 Å². The lowest BCUT2D eigenvalue weighted by Gasteiger charge is -2.27. The lowest BCUT2D eigenvalue weighted by atomic mass is 10.2. The number of morpholine rings is 1. The van der Waals surface area contributed by atoms with Gasteiger partial charge in [0.1, 0.15) is 12.7 Å². The molecule has 2 amide bonds. The molecule has 1 unspecified atom stereocenters. The molecule has 0 radical (unpaired) electrons. The summed E-state index contributed by atoms with van der Waals surface area (Å²) in [5, 5.41) is 0. The quantitative estimate of drug-likeness (QED) is 0.885. The second-order valence-corrected chi connectivity index (χ2v) is 4.97. The maximum atomic E-state index is 11.8. The molecule has 1 aromatic carbocycles. The third-order valence-corrected chi connectivity index (χ3v) is 3.60. The van der Waals surface area contributed by atoms with Crippen molar-refractivity contribution in [1.82, 2.24) is 0 Å². The van der Waals surface area contributed by atoms with Crippen LogP contribution in [0.1, 0.15) is 0 Å². The van der Waals surface area contributed by atoms with E-state index in [-0.39, 0.29) is 37.1 Å². The van der Waals surface area contributed by atoms with Crippen molar-refractivity contribution in [3.63, 3.8) is 0 Å². The Balaban J connectivity index is 0.00000176. The molecular formula is C14H18ClN3O4. The molecule has 0 spiro atoms. The summed E-state index contributed by atoms with van der Waals surface area (Å²) in [5.41, 5.74) is 7.05. The first-order valence-electron chi connectivity index (χ1n) is 6.85. The van der Waals surface area contributed by atoms with E-state index in [2.05, 4.69) is 0 Å². The third kappa shape index (κ3) is 3.16. The number of benzene rings is 1. The van der Waals surface area contributed by atoms with Gasteiger partial charge >= 0.3 is 6.09 Å². The number of anilines is 2. The minimum atomic E-state index is -0.388. The van der Waals surface area contributed by atoms with Crippen molar-refractivity contribution in [2.45, 2.75) is 6.10 Å². The Labute approximate surface area is 134 Å². The molecule has 0 aliphatic carbocycles. The third-order valence-electron chi connectivity index (χ3n) is 3.60. The Bertz CT molecular complexity index is 552. The molecule has 22 heavy (non-hydrogen) atoms. The number of amides is 2. The molecule has 120 valence electrons. The van der Waals surface area contributed by atoms with Crippen LogP contribution in [-0.2, 0) is 14.3 Å².